The van der Waals surface area contributed by atoms with E-state index in [1.54, 1.807) is 18.1 Å². The van der Waals surface area contributed by atoms with Crippen LogP contribution in [0.2, 0.25) is 0 Å². The van der Waals surface area contributed by atoms with E-state index in [-0.39, 0.29) is 18.4 Å². The number of aliphatic hydroxyl groups excluding tert-OH is 1. The Kier molecular flexibility index (Phi) is 5.34. The summed E-state index contributed by atoms with van der Waals surface area (Å²) in [7, 11) is 1.62. The Balaban J connectivity index is 1.75. The van der Waals surface area contributed by atoms with Crippen LogP contribution in [0.15, 0.2) is 48.5 Å². The molecule has 2 atom stereocenters. The molecule has 0 aliphatic carbocycles. The molecule has 1 amide bonds. The van der Waals surface area contributed by atoms with E-state index in [1.165, 1.54) is 18.2 Å². The Morgan fingerprint density at radius 3 is 2.88 bits per heavy atom. The number of benzene rings is 2. The summed E-state index contributed by atoms with van der Waals surface area (Å²) >= 11 is 0. The molecule has 1 fully saturated rings. The predicted octanol–water partition coefficient (Wildman–Crippen LogP) is 3.62. The second-order valence-corrected chi connectivity index (χ2v) is 6.26. The number of aliphatic hydroxyl groups is 1. The molecule has 2 unspecified atom stereocenters. The first-order valence-corrected chi connectivity index (χ1v) is 8.46. The molecule has 0 saturated carbocycles. The second-order valence-electron chi connectivity index (χ2n) is 6.26. The highest BCUT2D eigenvalue weighted by atomic mass is 19.1. The second kappa shape index (κ2) is 7.66. The Bertz CT molecular complexity index is 749. The summed E-state index contributed by atoms with van der Waals surface area (Å²) in [6.45, 7) is 0.650. The van der Waals surface area contributed by atoms with Crippen LogP contribution in [0, 0.1) is 5.82 Å². The van der Waals surface area contributed by atoms with Crippen molar-refractivity contribution in [1.82, 2.24) is 4.90 Å². The summed E-state index contributed by atoms with van der Waals surface area (Å²) in [4.78, 5) is 14.5. The molecule has 4 nitrogen and oxygen atoms in total. The first kappa shape index (κ1) is 17.4. The van der Waals surface area contributed by atoms with Crippen LogP contribution >= 0.6 is 0 Å². The number of amides is 1. The molecule has 0 spiro atoms. The van der Waals surface area contributed by atoms with Gasteiger partial charge in [0.2, 0.25) is 5.91 Å². The molecule has 1 saturated heterocycles. The fourth-order valence-corrected chi connectivity index (χ4v) is 3.44. The van der Waals surface area contributed by atoms with E-state index >= 15 is 0 Å². The monoisotopic (exact) mass is 343 g/mol. The summed E-state index contributed by atoms with van der Waals surface area (Å²) in [5, 5.41) is 10.3. The van der Waals surface area contributed by atoms with Crippen molar-refractivity contribution in [1.29, 1.82) is 0 Å². The van der Waals surface area contributed by atoms with Crippen molar-refractivity contribution < 1.29 is 19.0 Å². The minimum atomic E-state index is -1.01. The van der Waals surface area contributed by atoms with Gasteiger partial charge in [-0.15, -0.1) is 0 Å². The molecule has 0 aromatic heterocycles. The fraction of sp³-hybridized carbons (Fsp3) is 0.350. The van der Waals surface area contributed by atoms with E-state index in [1.807, 2.05) is 24.3 Å². The van der Waals surface area contributed by atoms with Crippen molar-refractivity contribution in [3.63, 3.8) is 0 Å². The van der Waals surface area contributed by atoms with Crippen molar-refractivity contribution >= 4 is 5.91 Å². The number of rotatable bonds is 5. The van der Waals surface area contributed by atoms with Crippen molar-refractivity contribution in [3.05, 3.63) is 65.5 Å². The molecule has 1 heterocycles. The summed E-state index contributed by atoms with van der Waals surface area (Å²) < 4.78 is 18.7. The first-order valence-electron chi connectivity index (χ1n) is 8.46. The zero-order valence-electron chi connectivity index (χ0n) is 14.2. The van der Waals surface area contributed by atoms with Crippen molar-refractivity contribution in [2.75, 3.05) is 13.7 Å². The van der Waals surface area contributed by atoms with Crippen LogP contribution in [0.3, 0.4) is 0 Å². The Labute approximate surface area is 146 Å². The number of nitrogens with zero attached hydrogens (tertiary/aromatic N) is 1. The number of hydrogen-bond acceptors (Lipinski definition) is 3. The summed E-state index contributed by atoms with van der Waals surface area (Å²) in [6, 6.07) is 13.4. The zero-order chi connectivity index (χ0) is 17.8. The van der Waals surface area contributed by atoms with Gasteiger partial charge in [0.15, 0.2) is 0 Å². The van der Waals surface area contributed by atoms with Crippen LogP contribution in [0.5, 0.6) is 5.75 Å². The Hall–Kier alpha value is -2.40. The lowest BCUT2D eigenvalue weighted by Crippen LogP contribution is -2.31. The number of carbonyl (C=O) groups excluding carboxylic acids is 1. The Morgan fingerprint density at radius 2 is 2.12 bits per heavy atom. The van der Waals surface area contributed by atoms with Crippen LogP contribution < -0.4 is 4.74 Å². The van der Waals surface area contributed by atoms with Gasteiger partial charge < -0.3 is 14.7 Å². The summed E-state index contributed by atoms with van der Waals surface area (Å²) in [5.41, 5.74) is 1.40. The van der Waals surface area contributed by atoms with Gasteiger partial charge in [0.05, 0.1) is 25.7 Å². The third kappa shape index (κ3) is 3.82. The third-order valence-electron chi connectivity index (χ3n) is 4.67. The molecule has 132 valence electrons. The van der Waals surface area contributed by atoms with Crippen LogP contribution in [0.1, 0.15) is 42.5 Å². The number of halogens is 1. The highest BCUT2D eigenvalue weighted by Crippen LogP contribution is 2.37. The molecule has 3 rings (SSSR count). The molecule has 0 bridgehead atoms. The van der Waals surface area contributed by atoms with Gasteiger partial charge in [-0.1, -0.05) is 30.3 Å². The lowest BCUT2D eigenvalue weighted by molar-refractivity contribution is -0.134. The lowest BCUT2D eigenvalue weighted by Gasteiger charge is -2.27. The molecule has 25 heavy (non-hydrogen) atoms. The van der Waals surface area contributed by atoms with Gasteiger partial charge >= 0.3 is 0 Å². The SMILES string of the molecule is COc1ccccc1C1CCCN1C(=O)CC(O)c1cccc(F)c1. The average molecular weight is 343 g/mol. The normalized spacial score (nSPS) is 18.2. The zero-order valence-corrected chi connectivity index (χ0v) is 14.2. The average Bonchev–Trinajstić information content (AvgIpc) is 3.11. The fourth-order valence-electron chi connectivity index (χ4n) is 3.44. The van der Waals surface area contributed by atoms with E-state index in [0.717, 1.165) is 24.2 Å². The van der Waals surface area contributed by atoms with E-state index < -0.39 is 11.9 Å². The van der Waals surface area contributed by atoms with Crippen LogP contribution in [0.25, 0.3) is 0 Å². The van der Waals surface area contributed by atoms with Crippen LogP contribution in [0.4, 0.5) is 4.39 Å². The predicted molar refractivity (Wildman–Crippen MR) is 92.7 cm³/mol. The van der Waals surface area contributed by atoms with Gasteiger partial charge in [-0.2, -0.15) is 0 Å². The largest absolute Gasteiger partial charge is 0.496 e. The lowest BCUT2D eigenvalue weighted by atomic mass is 10.0. The van der Waals surface area contributed by atoms with E-state index in [4.69, 9.17) is 4.74 Å². The van der Waals surface area contributed by atoms with Crippen LogP contribution in [-0.2, 0) is 4.79 Å². The van der Waals surface area contributed by atoms with E-state index in [0.29, 0.717) is 12.1 Å². The molecule has 5 heteroatoms. The smallest absolute Gasteiger partial charge is 0.226 e. The standard InChI is InChI=1S/C20H22FNO3/c1-25-19-10-3-2-8-16(19)17-9-5-11-22(17)20(24)13-18(23)14-6-4-7-15(21)12-14/h2-4,6-8,10,12,17-18,23H,5,9,11,13H2,1H3. The number of ether oxygens (including phenoxy) is 1. The summed E-state index contributed by atoms with van der Waals surface area (Å²) in [5.74, 6) is 0.208. The number of hydrogen-bond donors (Lipinski definition) is 1. The minimum absolute atomic E-state index is 0.0524. The van der Waals surface area contributed by atoms with Crippen molar-refractivity contribution in [2.45, 2.75) is 31.4 Å². The Morgan fingerprint density at radius 1 is 1.32 bits per heavy atom. The van der Waals surface area contributed by atoms with Crippen molar-refractivity contribution in [3.8, 4) is 5.75 Å². The molecule has 1 aliphatic heterocycles. The quantitative estimate of drug-likeness (QED) is 0.902. The van der Waals surface area contributed by atoms with Gasteiger partial charge in [-0.05, 0) is 36.6 Å². The van der Waals surface area contributed by atoms with Gasteiger partial charge in [0, 0.05) is 12.1 Å². The number of para-hydroxylation sites is 1. The maximum atomic E-state index is 13.3. The van der Waals surface area contributed by atoms with Gasteiger partial charge in [0.1, 0.15) is 11.6 Å². The van der Waals surface area contributed by atoms with E-state index in [9.17, 15) is 14.3 Å². The molecule has 2 aromatic rings. The third-order valence-corrected chi connectivity index (χ3v) is 4.67. The number of likely N-dealkylation sites (tertiary alicyclic amines) is 1. The highest BCUT2D eigenvalue weighted by Gasteiger charge is 2.32. The van der Waals surface area contributed by atoms with Gasteiger partial charge in [-0.25, -0.2) is 4.39 Å². The highest BCUT2D eigenvalue weighted by molar-refractivity contribution is 5.78. The summed E-state index contributed by atoms with van der Waals surface area (Å²) in [6.07, 6.45) is 0.698. The van der Waals surface area contributed by atoms with Crippen LogP contribution in [-0.4, -0.2) is 29.6 Å². The molecule has 1 N–H and O–H groups in total. The topological polar surface area (TPSA) is 49.8 Å². The molecule has 2 aromatic carbocycles. The first-order chi connectivity index (χ1) is 12.1. The van der Waals surface area contributed by atoms with E-state index in [2.05, 4.69) is 0 Å². The maximum absolute atomic E-state index is 13.3. The van der Waals surface area contributed by atoms with Gasteiger partial charge in [0.25, 0.3) is 0 Å². The number of carbonyl (C=O) groups is 1. The maximum Gasteiger partial charge on any atom is 0.226 e. The van der Waals surface area contributed by atoms with Gasteiger partial charge in [-0.3, -0.25) is 4.79 Å². The molecule has 1 aliphatic rings. The molecular weight excluding hydrogens is 321 g/mol. The molecular formula is C20H22FNO3. The minimum Gasteiger partial charge on any atom is -0.496 e. The molecule has 0 radical (unpaired) electrons. The van der Waals surface area contributed by atoms with Crippen molar-refractivity contribution in [2.24, 2.45) is 0 Å². The number of methoxy groups -OCH3 is 1.